The average molecular weight is 324 g/mol. The van der Waals surface area contributed by atoms with Gasteiger partial charge in [0.05, 0.1) is 5.56 Å². The van der Waals surface area contributed by atoms with Gasteiger partial charge in [0.15, 0.2) is 0 Å². The molecule has 0 aliphatic carbocycles. The van der Waals surface area contributed by atoms with E-state index in [9.17, 15) is 13.2 Å². The molecule has 0 aliphatic heterocycles. The molecule has 1 unspecified atom stereocenters. The lowest BCUT2D eigenvalue weighted by molar-refractivity contribution is 0.0952. The predicted octanol–water partition coefficient (Wildman–Crippen LogP) is 1.93. The molecule has 7 heteroatoms. The van der Waals surface area contributed by atoms with E-state index in [0.29, 0.717) is 12.1 Å². The van der Waals surface area contributed by atoms with Crippen molar-refractivity contribution in [1.82, 2.24) is 5.32 Å². The molecule has 5 nitrogen and oxygen atoms in total. The molecule has 112 valence electrons. The third-order valence-electron chi connectivity index (χ3n) is 3.06. The minimum absolute atomic E-state index is 0.0104. The second kappa shape index (κ2) is 6.38. The monoisotopic (exact) mass is 324 g/mol. The van der Waals surface area contributed by atoms with Crippen LogP contribution in [0.25, 0.3) is 0 Å². The summed E-state index contributed by atoms with van der Waals surface area (Å²) in [6, 6.07) is 11.1. The van der Waals surface area contributed by atoms with Crippen molar-refractivity contribution in [3.05, 3.63) is 52.9 Å². The van der Waals surface area contributed by atoms with E-state index in [1.54, 1.807) is 0 Å². The van der Waals surface area contributed by atoms with Crippen molar-refractivity contribution >= 4 is 27.3 Å². The summed E-state index contributed by atoms with van der Waals surface area (Å²) in [7, 11) is -3.75. The highest BCUT2D eigenvalue weighted by Gasteiger charge is 2.15. The van der Waals surface area contributed by atoms with Crippen LogP contribution >= 0.6 is 11.3 Å². The van der Waals surface area contributed by atoms with Crippen LogP contribution < -0.4 is 10.5 Å². The summed E-state index contributed by atoms with van der Waals surface area (Å²) >= 11 is 0.942. The summed E-state index contributed by atoms with van der Waals surface area (Å²) in [6.45, 7) is 2.49. The van der Waals surface area contributed by atoms with Crippen LogP contribution in [0.1, 0.15) is 28.8 Å². The number of nitrogens with two attached hydrogens (primary N) is 1. The summed E-state index contributed by atoms with van der Waals surface area (Å²) in [4.78, 5) is 12.0. The molecule has 1 aromatic heterocycles. The van der Waals surface area contributed by atoms with E-state index in [4.69, 9.17) is 5.14 Å². The largest absolute Gasteiger partial charge is 0.351 e. The maximum absolute atomic E-state index is 12.0. The van der Waals surface area contributed by atoms with Crippen LogP contribution in [0.5, 0.6) is 0 Å². The Labute approximate surface area is 127 Å². The van der Waals surface area contributed by atoms with Crippen molar-refractivity contribution in [3.63, 3.8) is 0 Å². The second-order valence-electron chi connectivity index (χ2n) is 4.72. The zero-order valence-electron chi connectivity index (χ0n) is 11.4. The second-order valence-corrected chi connectivity index (χ2v) is 7.42. The minimum Gasteiger partial charge on any atom is -0.351 e. The van der Waals surface area contributed by atoms with Gasteiger partial charge in [0, 0.05) is 11.9 Å². The van der Waals surface area contributed by atoms with Crippen LogP contribution in [-0.4, -0.2) is 20.9 Å². The van der Waals surface area contributed by atoms with E-state index < -0.39 is 10.0 Å². The van der Waals surface area contributed by atoms with E-state index in [0.717, 1.165) is 16.9 Å². The van der Waals surface area contributed by atoms with Gasteiger partial charge < -0.3 is 5.32 Å². The van der Waals surface area contributed by atoms with Gasteiger partial charge in [0.1, 0.15) is 4.21 Å². The molecule has 1 atom stereocenters. The van der Waals surface area contributed by atoms with Gasteiger partial charge in [-0.25, -0.2) is 13.6 Å². The summed E-state index contributed by atoms with van der Waals surface area (Å²) in [6.07, 6.45) is 0. The van der Waals surface area contributed by atoms with E-state index >= 15 is 0 Å². The maximum atomic E-state index is 12.0. The molecule has 1 amide bonds. The lowest BCUT2D eigenvalue weighted by atomic mass is 10.0. The summed E-state index contributed by atoms with van der Waals surface area (Å²) in [5.41, 5.74) is 1.44. The minimum atomic E-state index is -3.75. The third-order valence-corrected chi connectivity index (χ3v) is 5.44. The lowest BCUT2D eigenvalue weighted by Crippen LogP contribution is -2.27. The molecule has 3 N–H and O–H groups in total. The van der Waals surface area contributed by atoms with E-state index in [2.05, 4.69) is 5.32 Å². The van der Waals surface area contributed by atoms with Gasteiger partial charge in [0.25, 0.3) is 5.91 Å². The molecule has 0 radical (unpaired) electrons. The van der Waals surface area contributed by atoms with Gasteiger partial charge in [0.2, 0.25) is 10.0 Å². The first-order valence-corrected chi connectivity index (χ1v) is 8.75. The highest BCUT2D eigenvalue weighted by molar-refractivity contribution is 7.91. The Morgan fingerprint density at radius 3 is 2.57 bits per heavy atom. The third kappa shape index (κ3) is 4.13. The summed E-state index contributed by atoms with van der Waals surface area (Å²) in [5, 5.41) is 9.30. The Hall–Kier alpha value is -1.70. The van der Waals surface area contributed by atoms with Crippen molar-refractivity contribution in [2.45, 2.75) is 17.1 Å². The van der Waals surface area contributed by atoms with Gasteiger partial charge in [-0.15, -0.1) is 11.3 Å². The van der Waals surface area contributed by atoms with Gasteiger partial charge in [-0.1, -0.05) is 37.3 Å². The van der Waals surface area contributed by atoms with Gasteiger partial charge in [-0.2, -0.15) is 0 Å². The van der Waals surface area contributed by atoms with Gasteiger partial charge in [-0.05, 0) is 17.5 Å². The molecular weight excluding hydrogens is 308 g/mol. The molecule has 0 saturated heterocycles. The SMILES string of the molecule is CC(CNC(=O)c1csc(S(N)(=O)=O)c1)c1ccccc1. The normalized spacial score (nSPS) is 12.9. The number of carbonyl (C=O) groups is 1. The number of sulfonamides is 1. The van der Waals surface area contributed by atoms with Gasteiger partial charge >= 0.3 is 0 Å². The fourth-order valence-corrected chi connectivity index (χ4v) is 3.42. The summed E-state index contributed by atoms with van der Waals surface area (Å²) < 4.78 is 22.3. The molecule has 0 aliphatic rings. The highest BCUT2D eigenvalue weighted by Crippen LogP contribution is 2.19. The van der Waals surface area contributed by atoms with Gasteiger partial charge in [-0.3, -0.25) is 4.79 Å². The summed E-state index contributed by atoms with van der Waals surface area (Å²) in [5.74, 6) is -0.129. The average Bonchev–Trinajstić information content (AvgIpc) is 2.95. The van der Waals surface area contributed by atoms with Crippen molar-refractivity contribution in [2.24, 2.45) is 5.14 Å². The quantitative estimate of drug-likeness (QED) is 0.880. The van der Waals surface area contributed by atoms with Crippen molar-refractivity contribution < 1.29 is 13.2 Å². The van der Waals surface area contributed by atoms with Crippen LogP contribution in [0, 0.1) is 0 Å². The zero-order chi connectivity index (χ0) is 15.5. The first kappa shape index (κ1) is 15.7. The number of nitrogens with one attached hydrogen (secondary N) is 1. The predicted molar refractivity (Wildman–Crippen MR) is 82.9 cm³/mol. The molecule has 1 heterocycles. The Bertz CT molecular complexity index is 724. The first-order valence-electron chi connectivity index (χ1n) is 6.32. The number of amides is 1. The Morgan fingerprint density at radius 1 is 1.33 bits per heavy atom. The molecule has 0 saturated carbocycles. The zero-order valence-corrected chi connectivity index (χ0v) is 13.1. The number of benzene rings is 1. The van der Waals surface area contributed by atoms with Crippen molar-refractivity contribution in [2.75, 3.05) is 6.54 Å². The molecule has 0 fully saturated rings. The smallest absolute Gasteiger partial charge is 0.252 e. The molecule has 1 aromatic carbocycles. The lowest BCUT2D eigenvalue weighted by Gasteiger charge is -2.12. The number of hydrogen-bond acceptors (Lipinski definition) is 4. The van der Waals surface area contributed by atoms with Crippen molar-refractivity contribution in [1.29, 1.82) is 0 Å². The number of rotatable bonds is 5. The van der Waals surface area contributed by atoms with E-state index in [-0.39, 0.29) is 16.0 Å². The Kier molecular flexibility index (Phi) is 4.76. The Balaban J connectivity index is 1.98. The molecule has 2 rings (SSSR count). The van der Waals surface area contributed by atoms with Crippen molar-refractivity contribution in [3.8, 4) is 0 Å². The number of carbonyl (C=O) groups excluding carboxylic acids is 1. The Morgan fingerprint density at radius 2 is 2.00 bits per heavy atom. The number of thiophene rings is 1. The fraction of sp³-hybridized carbons (Fsp3) is 0.214. The first-order chi connectivity index (χ1) is 9.88. The maximum Gasteiger partial charge on any atom is 0.252 e. The van der Waals surface area contributed by atoms with Crippen LogP contribution in [-0.2, 0) is 10.0 Å². The fourth-order valence-electron chi connectivity index (χ4n) is 1.83. The van der Waals surface area contributed by atoms with Crippen LogP contribution in [0.3, 0.4) is 0 Å². The van der Waals surface area contributed by atoms with Crippen LogP contribution in [0.15, 0.2) is 46.0 Å². The topological polar surface area (TPSA) is 89.3 Å². The standard InChI is InChI=1S/C14H16N2O3S2/c1-10(11-5-3-2-4-6-11)8-16-14(17)12-7-13(20-9-12)21(15,18)19/h2-7,9-10H,8H2,1H3,(H,16,17)(H2,15,18,19). The van der Waals surface area contributed by atoms with Crippen LogP contribution in [0.2, 0.25) is 0 Å². The highest BCUT2D eigenvalue weighted by atomic mass is 32.2. The molecular formula is C14H16N2O3S2. The van der Waals surface area contributed by atoms with E-state index in [1.807, 2.05) is 37.3 Å². The molecule has 0 bridgehead atoms. The number of hydrogen-bond donors (Lipinski definition) is 2. The number of primary sulfonamides is 1. The molecule has 21 heavy (non-hydrogen) atoms. The molecule has 0 spiro atoms. The molecule has 2 aromatic rings. The van der Waals surface area contributed by atoms with Crippen LogP contribution in [0.4, 0.5) is 0 Å². The van der Waals surface area contributed by atoms with E-state index in [1.165, 1.54) is 11.4 Å².